The number of ether oxygens (including phenoxy) is 1. The molecule has 0 saturated heterocycles. The number of carbonyl (C=O) groups is 2. The molecule has 0 spiro atoms. The number of aromatic nitrogens is 1. The van der Waals surface area contributed by atoms with Gasteiger partial charge >= 0.3 is 11.9 Å². The van der Waals surface area contributed by atoms with E-state index in [-0.39, 0.29) is 6.04 Å². The van der Waals surface area contributed by atoms with E-state index in [9.17, 15) is 9.59 Å². The van der Waals surface area contributed by atoms with Gasteiger partial charge in [0.2, 0.25) is 0 Å². The van der Waals surface area contributed by atoms with Crippen LogP contribution < -0.4 is 0 Å². The minimum Gasteiger partial charge on any atom is -0.462 e. The lowest BCUT2D eigenvalue weighted by Gasteiger charge is -2.44. The molecule has 1 aromatic carbocycles. The highest BCUT2D eigenvalue weighted by atomic mass is 32.1. The standard InChI is InChI=1S/C24H32N2O3S/c1-29-24(28)23(27)26(15-17-12-13-21-20(14-17)25-16-30-21)22(18-8-4-2-5-9-18)19-10-6-3-7-11-19/h12-14,16,18-19,22H,2-11,15H2,1H3. The van der Waals surface area contributed by atoms with E-state index in [2.05, 4.69) is 23.2 Å². The molecule has 0 bridgehead atoms. The topological polar surface area (TPSA) is 59.5 Å². The van der Waals surface area contributed by atoms with Crippen LogP contribution in [-0.4, -0.2) is 34.9 Å². The molecule has 0 atom stereocenters. The molecule has 30 heavy (non-hydrogen) atoms. The number of hydrogen-bond acceptors (Lipinski definition) is 5. The molecule has 6 heteroatoms. The van der Waals surface area contributed by atoms with Gasteiger partial charge in [-0.1, -0.05) is 44.6 Å². The number of carbonyl (C=O) groups excluding carboxylic acids is 2. The maximum Gasteiger partial charge on any atom is 0.396 e. The van der Waals surface area contributed by atoms with Crippen LogP contribution in [0.4, 0.5) is 0 Å². The van der Waals surface area contributed by atoms with E-state index in [1.165, 1.54) is 45.6 Å². The smallest absolute Gasteiger partial charge is 0.396 e. The summed E-state index contributed by atoms with van der Waals surface area (Å²) >= 11 is 1.62. The summed E-state index contributed by atoms with van der Waals surface area (Å²) in [5.74, 6) is -0.296. The lowest BCUT2D eigenvalue weighted by molar-refractivity contribution is -0.161. The summed E-state index contributed by atoms with van der Waals surface area (Å²) in [7, 11) is 1.30. The second-order valence-corrected chi connectivity index (χ2v) is 9.75. The van der Waals surface area contributed by atoms with Gasteiger partial charge in [-0.15, -0.1) is 11.3 Å². The van der Waals surface area contributed by atoms with Crippen molar-refractivity contribution in [3.8, 4) is 0 Å². The summed E-state index contributed by atoms with van der Waals surface area (Å²) in [4.78, 5) is 31.9. The van der Waals surface area contributed by atoms with Crippen LogP contribution in [0.1, 0.15) is 69.8 Å². The van der Waals surface area contributed by atoms with Crippen LogP contribution in [0.3, 0.4) is 0 Å². The third kappa shape index (κ3) is 4.69. The lowest BCUT2D eigenvalue weighted by atomic mass is 9.73. The molecule has 1 amide bonds. The Morgan fingerprint density at radius 1 is 1.07 bits per heavy atom. The predicted octanol–water partition coefficient (Wildman–Crippen LogP) is 5.33. The number of rotatable bonds is 5. The fourth-order valence-corrected chi connectivity index (χ4v) is 6.22. The Morgan fingerprint density at radius 2 is 1.70 bits per heavy atom. The molecule has 2 aliphatic rings. The molecule has 1 heterocycles. The van der Waals surface area contributed by atoms with Gasteiger partial charge in [-0.3, -0.25) is 4.79 Å². The predicted molar refractivity (Wildman–Crippen MR) is 119 cm³/mol. The fraction of sp³-hybridized carbons (Fsp3) is 0.625. The first-order valence-electron chi connectivity index (χ1n) is 11.4. The number of fused-ring (bicyclic) bond motifs is 1. The number of hydrogen-bond donors (Lipinski definition) is 0. The molecule has 5 nitrogen and oxygen atoms in total. The Bertz CT molecular complexity index is 850. The van der Waals surface area contributed by atoms with Crippen molar-refractivity contribution in [3.63, 3.8) is 0 Å². The average Bonchev–Trinajstić information content (AvgIpc) is 3.27. The second-order valence-electron chi connectivity index (χ2n) is 8.87. The highest BCUT2D eigenvalue weighted by molar-refractivity contribution is 7.16. The van der Waals surface area contributed by atoms with Crippen molar-refractivity contribution in [1.29, 1.82) is 0 Å². The Labute approximate surface area is 182 Å². The van der Waals surface area contributed by atoms with Crippen molar-refractivity contribution in [3.05, 3.63) is 29.3 Å². The van der Waals surface area contributed by atoms with E-state index in [1.54, 1.807) is 11.3 Å². The van der Waals surface area contributed by atoms with Crippen molar-refractivity contribution >= 4 is 33.4 Å². The molecule has 2 fully saturated rings. The fourth-order valence-electron chi connectivity index (χ4n) is 5.56. The summed E-state index contributed by atoms with van der Waals surface area (Å²) in [6.45, 7) is 0.444. The highest BCUT2D eigenvalue weighted by Gasteiger charge is 2.40. The quantitative estimate of drug-likeness (QED) is 0.477. The van der Waals surface area contributed by atoms with Crippen LogP contribution in [-0.2, 0) is 20.9 Å². The van der Waals surface area contributed by atoms with Gasteiger partial charge in [0, 0.05) is 12.6 Å². The SMILES string of the molecule is COC(=O)C(=O)N(Cc1ccc2scnc2c1)C(C1CCCCC1)C1CCCCC1. The molecule has 4 rings (SSSR count). The summed E-state index contributed by atoms with van der Waals surface area (Å²) in [6.07, 6.45) is 12.0. The van der Waals surface area contributed by atoms with E-state index in [1.807, 2.05) is 10.4 Å². The van der Waals surface area contributed by atoms with E-state index >= 15 is 0 Å². The van der Waals surface area contributed by atoms with Crippen LogP contribution in [0, 0.1) is 11.8 Å². The third-order valence-electron chi connectivity index (χ3n) is 6.99. The van der Waals surface area contributed by atoms with Gasteiger partial charge in [-0.2, -0.15) is 0 Å². The van der Waals surface area contributed by atoms with E-state index in [0.717, 1.165) is 41.5 Å². The third-order valence-corrected chi connectivity index (χ3v) is 7.80. The van der Waals surface area contributed by atoms with Crippen LogP contribution >= 0.6 is 11.3 Å². The Hall–Kier alpha value is -1.95. The molecule has 2 aliphatic carbocycles. The van der Waals surface area contributed by atoms with Gasteiger partial charge in [0.05, 0.1) is 22.8 Å². The number of thiazole rings is 1. The first-order valence-corrected chi connectivity index (χ1v) is 12.3. The van der Waals surface area contributed by atoms with Crippen molar-refractivity contribution in [1.82, 2.24) is 9.88 Å². The maximum absolute atomic E-state index is 13.3. The maximum atomic E-state index is 13.3. The van der Waals surface area contributed by atoms with Crippen LogP contribution in [0.25, 0.3) is 10.2 Å². The molecular formula is C24H32N2O3S. The summed E-state index contributed by atoms with van der Waals surface area (Å²) in [5.41, 5.74) is 3.83. The lowest BCUT2D eigenvalue weighted by Crippen LogP contribution is -2.51. The molecule has 0 N–H and O–H groups in total. The molecule has 0 radical (unpaired) electrons. The minimum absolute atomic E-state index is 0.114. The zero-order valence-corrected chi connectivity index (χ0v) is 18.7. The monoisotopic (exact) mass is 428 g/mol. The van der Waals surface area contributed by atoms with Crippen molar-refractivity contribution in [2.75, 3.05) is 7.11 Å². The van der Waals surface area contributed by atoms with Crippen LogP contribution in [0.15, 0.2) is 23.7 Å². The molecule has 0 unspecified atom stereocenters. The van der Waals surface area contributed by atoms with Crippen molar-refractivity contribution in [2.24, 2.45) is 11.8 Å². The van der Waals surface area contributed by atoms with E-state index < -0.39 is 11.9 Å². The van der Waals surface area contributed by atoms with E-state index in [0.29, 0.717) is 18.4 Å². The van der Waals surface area contributed by atoms with Gasteiger partial charge in [-0.25, -0.2) is 9.78 Å². The minimum atomic E-state index is -0.749. The van der Waals surface area contributed by atoms with Gasteiger partial charge in [-0.05, 0) is 55.2 Å². The molecule has 2 aromatic rings. The van der Waals surface area contributed by atoms with Crippen LogP contribution in [0.5, 0.6) is 0 Å². The van der Waals surface area contributed by atoms with Crippen LogP contribution in [0.2, 0.25) is 0 Å². The Balaban J connectivity index is 1.67. The summed E-state index contributed by atoms with van der Waals surface area (Å²) in [6, 6.07) is 6.31. The zero-order chi connectivity index (χ0) is 20.9. The number of amides is 1. The van der Waals surface area contributed by atoms with Gasteiger partial charge in [0.25, 0.3) is 0 Å². The molecule has 162 valence electrons. The number of nitrogens with zero attached hydrogens (tertiary/aromatic N) is 2. The van der Waals surface area contributed by atoms with Gasteiger partial charge in [0.1, 0.15) is 0 Å². The number of benzene rings is 1. The zero-order valence-electron chi connectivity index (χ0n) is 17.8. The normalized spacial score (nSPS) is 18.6. The number of esters is 1. The van der Waals surface area contributed by atoms with Gasteiger partial charge < -0.3 is 9.64 Å². The highest BCUT2D eigenvalue weighted by Crippen LogP contribution is 2.39. The van der Waals surface area contributed by atoms with Gasteiger partial charge in [0.15, 0.2) is 0 Å². The van der Waals surface area contributed by atoms with E-state index in [4.69, 9.17) is 4.74 Å². The van der Waals surface area contributed by atoms with Crippen molar-refractivity contribution < 1.29 is 14.3 Å². The number of methoxy groups -OCH3 is 1. The Morgan fingerprint density at radius 3 is 2.30 bits per heavy atom. The second kappa shape index (κ2) is 9.90. The molecule has 1 aromatic heterocycles. The summed E-state index contributed by atoms with van der Waals surface area (Å²) < 4.78 is 6.01. The Kier molecular flexibility index (Phi) is 7.03. The summed E-state index contributed by atoms with van der Waals surface area (Å²) in [5, 5.41) is 0. The first kappa shape index (κ1) is 21.3. The van der Waals surface area contributed by atoms with Crippen molar-refractivity contribution in [2.45, 2.75) is 76.8 Å². The largest absolute Gasteiger partial charge is 0.462 e. The average molecular weight is 429 g/mol. The molecule has 2 saturated carbocycles. The molecular weight excluding hydrogens is 396 g/mol. The first-order chi connectivity index (χ1) is 14.7. The molecule has 0 aliphatic heterocycles.